The highest BCUT2D eigenvalue weighted by molar-refractivity contribution is 5.37. The van der Waals surface area contributed by atoms with Gasteiger partial charge < -0.3 is 15.2 Å². The summed E-state index contributed by atoms with van der Waals surface area (Å²) in [4.78, 5) is 2.26. The molecule has 1 aliphatic rings. The Kier molecular flexibility index (Phi) is 5.83. The van der Waals surface area contributed by atoms with E-state index >= 15 is 0 Å². The van der Waals surface area contributed by atoms with Crippen molar-refractivity contribution >= 4 is 0 Å². The van der Waals surface area contributed by atoms with E-state index in [0.717, 1.165) is 43.5 Å². The van der Waals surface area contributed by atoms with E-state index in [0.29, 0.717) is 6.54 Å². The molecular formula is C16H26N2O2. The third kappa shape index (κ3) is 4.78. The molecule has 0 spiro atoms. The van der Waals surface area contributed by atoms with Gasteiger partial charge in [-0.1, -0.05) is 6.07 Å². The number of nitrogens with zero attached hydrogens (tertiary/aromatic N) is 1. The molecule has 0 saturated heterocycles. The molecule has 1 saturated carbocycles. The van der Waals surface area contributed by atoms with Gasteiger partial charge in [-0.15, -0.1) is 0 Å². The van der Waals surface area contributed by atoms with Gasteiger partial charge in [0, 0.05) is 31.8 Å². The van der Waals surface area contributed by atoms with Crippen LogP contribution in [0.15, 0.2) is 18.2 Å². The topological polar surface area (TPSA) is 47.7 Å². The van der Waals surface area contributed by atoms with Gasteiger partial charge in [-0.2, -0.15) is 0 Å². The van der Waals surface area contributed by atoms with E-state index in [-0.39, 0.29) is 0 Å². The van der Waals surface area contributed by atoms with E-state index in [1.165, 1.54) is 18.4 Å². The van der Waals surface area contributed by atoms with Crippen LogP contribution in [0.1, 0.15) is 24.0 Å². The quantitative estimate of drug-likeness (QED) is 0.702. The molecule has 0 atom stereocenters. The van der Waals surface area contributed by atoms with Crippen molar-refractivity contribution in [2.45, 2.75) is 25.9 Å². The second-order valence-electron chi connectivity index (χ2n) is 5.61. The number of hydrogen-bond donors (Lipinski definition) is 1. The van der Waals surface area contributed by atoms with E-state index in [1.54, 1.807) is 7.11 Å². The van der Waals surface area contributed by atoms with Gasteiger partial charge in [0.2, 0.25) is 0 Å². The Balaban J connectivity index is 1.80. The number of rotatable bonds is 9. The highest BCUT2D eigenvalue weighted by atomic mass is 16.5. The second-order valence-corrected chi connectivity index (χ2v) is 5.61. The summed E-state index contributed by atoms with van der Waals surface area (Å²) in [6.45, 7) is 4.07. The standard InChI is InChI=1S/C16H26N2O2/c1-18(7-8-20-12-13-3-4-13)11-15-9-14(10-17)5-6-16(15)19-2/h5-6,9,13H,3-4,7-8,10-12,17H2,1-2H3. The minimum atomic E-state index is 0.561. The molecule has 2 rings (SSSR count). The Hall–Kier alpha value is -1.10. The van der Waals surface area contributed by atoms with Crippen molar-refractivity contribution in [2.24, 2.45) is 11.7 Å². The lowest BCUT2D eigenvalue weighted by Gasteiger charge is -2.19. The van der Waals surface area contributed by atoms with E-state index in [1.807, 2.05) is 12.1 Å². The minimum absolute atomic E-state index is 0.561. The summed E-state index contributed by atoms with van der Waals surface area (Å²) in [5, 5.41) is 0. The molecule has 0 amide bonds. The van der Waals surface area contributed by atoms with Crippen molar-refractivity contribution in [2.75, 3.05) is 33.9 Å². The maximum absolute atomic E-state index is 5.70. The van der Waals surface area contributed by atoms with Crippen molar-refractivity contribution in [3.05, 3.63) is 29.3 Å². The summed E-state index contributed by atoms with van der Waals surface area (Å²) in [7, 11) is 3.81. The van der Waals surface area contributed by atoms with Crippen molar-refractivity contribution in [1.29, 1.82) is 0 Å². The first kappa shape index (κ1) is 15.3. The monoisotopic (exact) mass is 278 g/mol. The molecule has 4 heteroatoms. The van der Waals surface area contributed by atoms with Crippen molar-refractivity contribution in [1.82, 2.24) is 4.90 Å². The average Bonchev–Trinajstić information content (AvgIpc) is 3.27. The van der Waals surface area contributed by atoms with Crippen LogP contribution in [0.2, 0.25) is 0 Å². The molecule has 0 aromatic heterocycles. The van der Waals surface area contributed by atoms with Crippen LogP contribution in [0.25, 0.3) is 0 Å². The average molecular weight is 278 g/mol. The summed E-state index contributed by atoms with van der Waals surface area (Å²) in [5.74, 6) is 1.76. The highest BCUT2D eigenvalue weighted by Crippen LogP contribution is 2.28. The molecule has 0 bridgehead atoms. The number of hydrogen-bond acceptors (Lipinski definition) is 4. The summed E-state index contributed by atoms with van der Waals surface area (Å²) in [5.41, 5.74) is 8.02. The maximum atomic E-state index is 5.70. The van der Waals surface area contributed by atoms with Gasteiger partial charge in [-0.3, -0.25) is 4.90 Å². The fourth-order valence-electron chi connectivity index (χ4n) is 2.21. The molecule has 1 aliphatic carbocycles. The minimum Gasteiger partial charge on any atom is -0.496 e. The number of benzene rings is 1. The second kappa shape index (κ2) is 7.62. The van der Waals surface area contributed by atoms with Crippen LogP contribution in [0, 0.1) is 5.92 Å². The predicted molar refractivity (Wildman–Crippen MR) is 80.8 cm³/mol. The van der Waals surface area contributed by atoms with Gasteiger partial charge in [0.05, 0.1) is 13.7 Å². The Morgan fingerprint density at radius 3 is 2.80 bits per heavy atom. The zero-order chi connectivity index (χ0) is 14.4. The zero-order valence-electron chi connectivity index (χ0n) is 12.6. The first-order valence-corrected chi connectivity index (χ1v) is 7.35. The van der Waals surface area contributed by atoms with Crippen LogP contribution < -0.4 is 10.5 Å². The van der Waals surface area contributed by atoms with E-state index in [4.69, 9.17) is 15.2 Å². The predicted octanol–water partition coefficient (Wildman–Crippen LogP) is 2.01. The first-order valence-electron chi connectivity index (χ1n) is 7.35. The largest absolute Gasteiger partial charge is 0.496 e. The fraction of sp³-hybridized carbons (Fsp3) is 0.625. The Bertz CT molecular complexity index is 419. The molecule has 0 radical (unpaired) electrons. The summed E-state index contributed by atoms with van der Waals surface area (Å²) >= 11 is 0. The van der Waals surface area contributed by atoms with Gasteiger partial charge >= 0.3 is 0 Å². The Morgan fingerprint density at radius 1 is 1.35 bits per heavy atom. The SMILES string of the molecule is COc1ccc(CN)cc1CN(C)CCOCC1CC1. The molecule has 0 heterocycles. The smallest absolute Gasteiger partial charge is 0.123 e. The van der Waals surface area contributed by atoms with Crippen LogP contribution in [0.4, 0.5) is 0 Å². The van der Waals surface area contributed by atoms with Crippen LogP contribution in [0.3, 0.4) is 0 Å². The normalized spacial score (nSPS) is 14.8. The maximum Gasteiger partial charge on any atom is 0.123 e. The number of nitrogens with two attached hydrogens (primary N) is 1. The molecule has 2 N–H and O–H groups in total. The Labute approximate surface area is 121 Å². The molecule has 1 aromatic carbocycles. The van der Waals surface area contributed by atoms with Gasteiger partial charge in [0.15, 0.2) is 0 Å². The third-order valence-corrected chi connectivity index (χ3v) is 3.69. The van der Waals surface area contributed by atoms with Crippen LogP contribution in [-0.2, 0) is 17.8 Å². The first-order chi connectivity index (χ1) is 9.72. The molecule has 0 unspecified atom stereocenters. The molecule has 0 aliphatic heterocycles. The van der Waals surface area contributed by atoms with Gasteiger partial charge in [0.25, 0.3) is 0 Å². The number of methoxy groups -OCH3 is 1. The van der Waals surface area contributed by atoms with Crippen molar-refractivity contribution in [3.8, 4) is 5.75 Å². The molecule has 112 valence electrons. The molecule has 4 nitrogen and oxygen atoms in total. The lowest BCUT2D eigenvalue weighted by Crippen LogP contribution is -2.23. The van der Waals surface area contributed by atoms with Gasteiger partial charge in [-0.25, -0.2) is 0 Å². The van der Waals surface area contributed by atoms with Crippen LogP contribution in [-0.4, -0.2) is 38.8 Å². The zero-order valence-corrected chi connectivity index (χ0v) is 12.6. The fourth-order valence-corrected chi connectivity index (χ4v) is 2.21. The summed E-state index contributed by atoms with van der Waals surface area (Å²) in [6.07, 6.45) is 2.69. The van der Waals surface area contributed by atoms with Crippen molar-refractivity contribution in [3.63, 3.8) is 0 Å². The van der Waals surface area contributed by atoms with Crippen LogP contribution >= 0.6 is 0 Å². The molecule has 1 fully saturated rings. The lowest BCUT2D eigenvalue weighted by molar-refractivity contribution is 0.102. The summed E-state index contributed by atoms with van der Waals surface area (Å²) < 4.78 is 11.1. The van der Waals surface area contributed by atoms with Gasteiger partial charge in [-0.05, 0) is 43.5 Å². The number of ether oxygens (including phenoxy) is 2. The van der Waals surface area contributed by atoms with Crippen molar-refractivity contribution < 1.29 is 9.47 Å². The van der Waals surface area contributed by atoms with E-state index < -0.39 is 0 Å². The Morgan fingerprint density at radius 2 is 2.15 bits per heavy atom. The van der Waals surface area contributed by atoms with E-state index in [2.05, 4.69) is 18.0 Å². The van der Waals surface area contributed by atoms with Crippen LogP contribution in [0.5, 0.6) is 5.75 Å². The summed E-state index contributed by atoms with van der Waals surface area (Å²) in [6, 6.07) is 6.14. The number of likely N-dealkylation sites (N-methyl/N-ethyl adjacent to an activating group) is 1. The molecular weight excluding hydrogens is 252 g/mol. The molecule has 20 heavy (non-hydrogen) atoms. The van der Waals surface area contributed by atoms with E-state index in [9.17, 15) is 0 Å². The third-order valence-electron chi connectivity index (χ3n) is 3.69. The molecule has 1 aromatic rings. The highest BCUT2D eigenvalue weighted by Gasteiger charge is 2.21. The van der Waals surface area contributed by atoms with Gasteiger partial charge in [0.1, 0.15) is 5.75 Å². The lowest BCUT2D eigenvalue weighted by atomic mass is 10.1.